The van der Waals surface area contributed by atoms with Crippen molar-refractivity contribution in [3.05, 3.63) is 35.3 Å². The Morgan fingerprint density at radius 1 is 1.47 bits per heavy atom. The number of aromatic nitrogens is 2. The molecule has 0 saturated heterocycles. The highest BCUT2D eigenvalue weighted by Gasteiger charge is 2.07. The van der Waals surface area contributed by atoms with Crippen LogP contribution in [0.3, 0.4) is 0 Å². The zero-order valence-corrected chi connectivity index (χ0v) is 11.6. The lowest BCUT2D eigenvalue weighted by Gasteiger charge is -2.04. The van der Waals surface area contributed by atoms with E-state index in [2.05, 4.69) is 9.55 Å². The predicted octanol–water partition coefficient (Wildman–Crippen LogP) is 3.29. The number of halogens is 1. The molecule has 0 saturated carbocycles. The van der Waals surface area contributed by atoms with E-state index in [0.29, 0.717) is 11.8 Å². The van der Waals surface area contributed by atoms with E-state index in [1.807, 2.05) is 19.1 Å². The van der Waals surface area contributed by atoms with Crippen LogP contribution in [0.15, 0.2) is 24.4 Å². The molecular formula is C14H15ClN2O2. The van der Waals surface area contributed by atoms with Crippen LogP contribution in [0.2, 0.25) is 5.15 Å². The van der Waals surface area contributed by atoms with E-state index in [0.717, 1.165) is 23.1 Å². The first kappa shape index (κ1) is 13.6. The second-order valence-electron chi connectivity index (χ2n) is 3.96. The maximum atomic E-state index is 11.3. The van der Waals surface area contributed by atoms with Crippen molar-refractivity contribution in [2.75, 3.05) is 6.61 Å². The van der Waals surface area contributed by atoms with Crippen molar-refractivity contribution in [3.8, 4) is 0 Å². The molecule has 0 amide bonds. The number of aryl methyl sites for hydroxylation is 1. The SMILES string of the molecule is CCOC(=O)/C=C/c1cc2cnc(Cl)cc2n1CC. The molecule has 2 heterocycles. The molecule has 4 nitrogen and oxygen atoms in total. The molecule has 0 radical (unpaired) electrons. The Balaban J connectivity index is 2.40. The normalized spacial score (nSPS) is 11.3. The van der Waals surface area contributed by atoms with Gasteiger partial charge in [-0.05, 0) is 32.1 Å². The number of pyridine rings is 1. The van der Waals surface area contributed by atoms with E-state index in [1.54, 1.807) is 19.2 Å². The van der Waals surface area contributed by atoms with Gasteiger partial charge in [0, 0.05) is 29.9 Å². The Morgan fingerprint density at radius 2 is 2.26 bits per heavy atom. The summed E-state index contributed by atoms with van der Waals surface area (Å²) in [6.45, 7) is 4.98. The van der Waals surface area contributed by atoms with Gasteiger partial charge in [-0.1, -0.05) is 11.6 Å². The Morgan fingerprint density at radius 3 is 2.95 bits per heavy atom. The maximum absolute atomic E-state index is 11.3. The van der Waals surface area contributed by atoms with E-state index in [9.17, 15) is 4.79 Å². The number of hydrogen-bond acceptors (Lipinski definition) is 3. The van der Waals surface area contributed by atoms with E-state index >= 15 is 0 Å². The third kappa shape index (κ3) is 2.96. The summed E-state index contributed by atoms with van der Waals surface area (Å²) in [6, 6.07) is 3.79. The van der Waals surface area contributed by atoms with Crippen molar-refractivity contribution in [3.63, 3.8) is 0 Å². The first-order chi connectivity index (χ1) is 9.15. The van der Waals surface area contributed by atoms with Gasteiger partial charge in [-0.25, -0.2) is 9.78 Å². The Kier molecular flexibility index (Phi) is 4.22. The van der Waals surface area contributed by atoms with Crippen LogP contribution in [-0.2, 0) is 16.1 Å². The minimum Gasteiger partial charge on any atom is -0.463 e. The summed E-state index contributed by atoms with van der Waals surface area (Å²) in [5.74, 6) is -0.341. The quantitative estimate of drug-likeness (QED) is 0.490. The predicted molar refractivity (Wildman–Crippen MR) is 76.1 cm³/mol. The Bertz CT molecular complexity index is 632. The number of rotatable bonds is 4. The van der Waals surface area contributed by atoms with Crippen LogP contribution >= 0.6 is 11.6 Å². The third-order valence-corrected chi connectivity index (χ3v) is 2.98. The Labute approximate surface area is 116 Å². The van der Waals surface area contributed by atoms with Crippen molar-refractivity contribution >= 4 is 34.5 Å². The highest BCUT2D eigenvalue weighted by atomic mass is 35.5. The smallest absolute Gasteiger partial charge is 0.330 e. The average molecular weight is 279 g/mol. The average Bonchev–Trinajstić information content (AvgIpc) is 2.73. The topological polar surface area (TPSA) is 44.1 Å². The Hall–Kier alpha value is -1.81. The van der Waals surface area contributed by atoms with Gasteiger partial charge in [-0.15, -0.1) is 0 Å². The monoisotopic (exact) mass is 278 g/mol. The largest absolute Gasteiger partial charge is 0.463 e. The summed E-state index contributed by atoms with van der Waals surface area (Å²) in [4.78, 5) is 15.4. The summed E-state index contributed by atoms with van der Waals surface area (Å²) in [7, 11) is 0. The lowest BCUT2D eigenvalue weighted by molar-refractivity contribution is -0.137. The van der Waals surface area contributed by atoms with E-state index in [4.69, 9.17) is 16.3 Å². The summed E-state index contributed by atoms with van der Waals surface area (Å²) in [5, 5.41) is 1.45. The number of carbonyl (C=O) groups excluding carboxylic acids is 1. The van der Waals surface area contributed by atoms with Gasteiger partial charge in [0.25, 0.3) is 0 Å². The fourth-order valence-corrected chi connectivity index (χ4v) is 2.14. The zero-order chi connectivity index (χ0) is 13.8. The number of hydrogen-bond donors (Lipinski definition) is 0. The van der Waals surface area contributed by atoms with Gasteiger partial charge in [-0.3, -0.25) is 0 Å². The minimum atomic E-state index is -0.341. The van der Waals surface area contributed by atoms with Crippen LogP contribution in [0.4, 0.5) is 0 Å². The molecular weight excluding hydrogens is 264 g/mol. The van der Waals surface area contributed by atoms with Crippen molar-refractivity contribution in [2.45, 2.75) is 20.4 Å². The summed E-state index contributed by atoms with van der Waals surface area (Å²) in [5.41, 5.74) is 1.93. The first-order valence-corrected chi connectivity index (χ1v) is 6.53. The second kappa shape index (κ2) is 5.89. The summed E-state index contributed by atoms with van der Waals surface area (Å²) in [6.07, 6.45) is 4.90. The lowest BCUT2D eigenvalue weighted by Crippen LogP contribution is -2.00. The van der Waals surface area contributed by atoms with E-state index < -0.39 is 0 Å². The van der Waals surface area contributed by atoms with Crippen molar-refractivity contribution in [2.24, 2.45) is 0 Å². The lowest BCUT2D eigenvalue weighted by atomic mass is 10.3. The molecule has 0 atom stereocenters. The molecule has 0 spiro atoms. The molecule has 2 aromatic rings. The molecule has 0 aliphatic rings. The van der Waals surface area contributed by atoms with Crippen LogP contribution in [0.5, 0.6) is 0 Å². The molecule has 0 aliphatic carbocycles. The van der Waals surface area contributed by atoms with Gasteiger partial charge in [0.1, 0.15) is 5.15 Å². The summed E-state index contributed by atoms with van der Waals surface area (Å²) < 4.78 is 6.93. The molecule has 100 valence electrons. The fourth-order valence-electron chi connectivity index (χ4n) is 1.99. The van der Waals surface area contributed by atoms with Crippen LogP contribution in [0.25, 0.3) is 17.0 Å². The third-order valence-electron chi connectivity index (χ3n) is 2.78. The molecule has 2 rings (SSSR count). The van der Waals surface area contributed by atoms with E-state index in [1.165, 1.54) is 6.08 Å². The van der Waals surface area contributed by atoms with Gasteiger partial charge in [0.15, 0.2) is 0 Å². The van der Waals surface area contributed by atoms with Crippen LogP contribution in [0, 0.1) is 0 Å². The van der Waals surface area contributed by atoms with Crippen molar-refractivity contribution in [1.82, 2.24) is 9.55 Å². The molecule has 0 bridgehead atoms. The fraction of sp³-hybridized carbons (Fsp3) is 0.286. The van der Waals surface area contributed by atoms with E-state index in [-0.39, 0.29) is 5.97 Å². The van der Waals surface area contributed by atoms with Crippen LogP contribution < -0.4 is 0 Å². The number of nitrogens with zero attached hydrogens (tertiary/aromatic N) is 2. The van der Waals surface area contributed by atoms with Gasteiger partial charge in [0.2, 0.25) is 0 Å². The first-order valence-electron chi connectivity index (χ1n) is 6.15. The zero-order valence-electron chi connectivity index (χ0n) is 10.9. The van der Waals surface area contributed by atoms with Crippen molar-refractivity contribution in [1.29, 1.82) is 0 Å². The molecule has 0 unspecified atom stereocenters. The highest BCUT2D eigenvalue weighted by molar-refractivity contribution is 6.30. The minimum absolute atomic E-state index is 0.341. The van der Waals surface area contributed by atoms with Crippen molar-refractivity contribution < 1.29 is 9.53 Å². The number of carbonyl (C=O) groups is 1. The van der Waals surface area contributed by atoms with Gasteiger partial charge >= 0.3 is 5.97 Å². The number of fused-ring (bicyclic) bond motifs is 1. The highest BCUT2D eigenvalue weighted by Crippen LogP contribution is 2.22. The number of ether oxygens (including phenoxy) is 1. The standard InChI is InChI=1S/C14H15ClN2O2/c1-3-17-11(5-6-14(18)19-4-2)7-10-9-16-13(15)8-12(10)17/h5-9H,3-4H2,1-2H3/b6-5+. The molecule has 19 heavy (non-hydrogen) atoms. The molecule has 2 aromatic heterocycles. The molecule has 0 fully saturated rings. The van der Waals surface area contributed by atoms with Gasteiger partial charge < -0.3 is 9.30 Å². The van der Waals surface area contributed by atoms with Crippen LogP contribution in [0.1, 0.15) is 19.5 Å². The van der Waals surface area contributed by atoms with Gasteiger partial charge in [-0.2, -0.15) is 0 Å². The summed E-state index contributed by atoms with van der Waals surface area (Å²) >= 11 is 5.91. The maximum Gasteiger partial charge on any atom is 0.330 e. The number of esters is 1. The molecule has 5 heteroatoms. The second-order valence-corrected chi connectivity index (χ2v) is 4.35. The molecule has 0 aliphatic heterocycles. The molecule has 0 aromatic carbocycles. The van der Waals surface area contributed by atoms with Crippen LogP contribution in [-0.4, -0.2) is 22.1 Å². The molecule has 0 N–H and O–H groups in total. The van der Waals surface area contributed by atoms with Gasteiger partial charge in [0.05, 0.1) is 12.1 Å².